The van der Waals surface area contributed by atoms with E-state index < -0.39 is 91.4 Å². The van der Waals surface area contributed by atoms with Gasteiger partial charge in [-0.1, -0.05) is 48.5 Å². The van der Waals surface area contributed by atoms with Gasteiger partial charge in [0.1, 0.15) is 43.0 Å². The van der Waals surface area contributed by atoms with E-state index in [1.807, 2.05) is 6.07 Å². The quantitative estimate of drug-likeness (QED) is 0.0325. The summed E-state index contributed by atoms with van der Waals surface area (Å²) in [5.74, 6) is -4.17. The third-order valence-electron chi connectivity index (χ3n) is 9.81. The molecule has 1 aromatic heterocycles. The molecule has 0 spiro atoms. The van der Waals surface area contributed by atoms with Crippen molar-refractivity contribution in [3.8, 4) is 0 Å². The minimum absolute atomic E-state index is 0.0577. The topological polar surface area (TPSA) is 287 Å². The second-order valence-corrected chi connectivity index (χ2v) is 14.4. The molecule has 326 valence electrons. The summed E-state index contributed by atoms with van der Waals surface area (Å²) in [7, 11) is 0. The Balaban J connectivity index is 1.04. The number of aliphatic hydroxyl groups is 2. The average Bonchev–Trinajstić information content (AvgIpc) is 3.24. The highest BCUT2D eigenvalue weighted by molar-refractivity contribution is 6.07. The molecule has 1 saturated heterocycles. The van der Waals surface area contributed by atoms with Gasteiger partial charge >= 0.3 is 5.97 Å². The van der Waals surface area contributed by atoms with Gasteiger partial charge in [0.25, 0.3) is 5.91 Å². The first kappa shape index (κ1) is 45.8. The minimum atomic E-state index is -1.49. The second kappa shape index (κ2) is 21.8. The number of aliphatic hydroxyl groups excluding tert-OH is 2. The highest BCUT2D eigenvalue weighted by atomic mass is 16.7. The van der Waals surface area contributed by atoms with Gasteiger partial charge in [0.15, 0.2) is 11.7 Å². The summed E-state index contributed by atoms with van der Waals surface area (Å²) in [6.45, 7) is 1.38. The number of H-pyrrole nitrogens is 1. The molecule has 19 nitrogen and oxygen atoms in total. The van der Waals surface area contributed by atoms with Gasteiger partial charge in [-0.05, 0) is 49.6 Å². The number of fused-ring (bicyclic) bond motifs is 2. The van der Waals surface area contributed by atoms with Gasteiger partial charge in [0.05, 0.1) is 30.9 Å². The first-order valence-corrected chi connectivity index (χ1v) is 19.6. The molecule has 0 radical (unpaired) electrons. The van der Waals surface area contributed by atoms with Crippen LogP contribution >= 0.6 is 0 Å². The lowest BCUT2D eigenvalue weighted by Crippen LogP contribution is -2.65. The summed E-state index contributed by atoms with van der Waals surface area (Å²) in [5, 5.41) is 31.8. The second-order valence-electron chi connectivity index (χ2n) is 14.4. The zero-order chi connectivity index (χ0) is 44.1. The van der Waals surface area contributed by atoms with E-state index in [9.17, 15) is 43.8 Å². The molecule has 1 aliphatic rings. The molecule has 0 saturated carbocycles. The van der Waals surface area contributed by atoms with Crippen LogP contribution in [0.25, 0.3) is 21.8 Å². The number of pyridine rings is 1. The fourth-order valence-corrected chi connectivity index (χ4v) is 6.68. The van der Waals surface area contributed by atoms with Crippen LogP contribution in [0.5, 0.6) is 0 Å². The van der Waals surface area contributed by atoms with Crippen LogP contribution in [0, 0.1) is 0 Å². The lowest BCUT2D eigenvalue weighted by molar-refractivity contribution is -0.279. The van der Waals surface area contributed by atoms with Crippen LogP contribution in [0.1, 0.15) is 49.0 Å². The Morgan fingerprint density at radius 2 is 1.66 bits per heavy atom. The van der Waals surface area contributed by atoms with Crippen molar-refractivity contribution in [1.29, 1.82) is 0 Å². The first-order valence-electron chi connectivity index (χ1n) is 19.6. The number of aromatic amines is 1. The molecule has 5 amide bonds. The van der Waals surface area contributed by atoms with Gasteiger partial charge in [-0.25, -0.2) is 0 Å². The van der Waals surface area contributed by atoms with Crippen molar-refractivity contribution >= 4 is 57.3 Å². The maximum absolute atomic E-state index is 13.0. The third-order valence-corrected chi connectivity index (χ3v) is 9.81. The lowest BCUT2D eigenvalue weighted by atomic mass is 9.96. The molecule has 2 heterocycles. The molecule has 0 bridgehead atoms. The van der Waals surface area contributed by atoms with Crippen LogP contribution in [-0.2, 0) is 49.5 Å². The van der Waals surface area contributed by atoms with E-state index in [1.165, 1.54) is 13.8 Å². The van der Waals surface area contributed by atoms with Crippen molar-refractivity contribution in [2.75, 3.05) is 26.4 Å². The monoisotopic (exact) mass is 846 g/mol. The van der Waals surface area contributed by atoms with Crippen LogP contribution in [-0.4, -0.2) is 120 Å². The number of aromatic nitrogens is 1. The van der Waals surface area contributed by atoms with Gasteiger partial charge in [0.2, 0.25) is 23.6 Å². The van der Waals surface area contributed by atoms with E-state index in [4.69, 9.17) is 24.7 Å². The standard InChI is InChI=1S/C42H50N6O13/c1-23(45-32(51)22-59-38-35(46-24(2)50)42(61-31(20-49)37(38)54)60-21-25-10-4-3-5-11-25)40(56)48-30(39(43)55)16-17-33(52)58-19-9-18-44-41(57)28-14-8-13-27-34(28)47-29-15-7-6-12-26(29)36(27)53/h3-8,10-15,23,30-31,35,37-38,42,49,54H,9,16-22H2,1-2H3,(H2,43,55)(H,44,57)(H,45,51)(H,46,50)(H,47,53)(H,48,56)/t23-,30+,31+,35+,37+,38+,42-/m0/s1. The number of ether oxygens (including phenoxy) is 4. The van der Waals surface area contributed by atoms with E-state index in [1.54, 1.807) is 66.7 Å². The molecule has 0 aliphatic carbocycles. The molecule has 3 aromatic carbocycles. The van der Waals surface area contributed by atoms with Crippen LogP contribution in [0.3, 0.4) is 0 Å². The van der Waals surface area contributed by atoms with Crippen molar-refractivity contribution in [2.24, 2.45) is 5.73 Å². The molecule has 19 heteroatoms. The molecule has 7 atom stereocenters. The molecule has 1 fully saturated rings. The average molecular weight is 847 g/mol. The number of benzene rings is 3. The predicted molar refractivity (Wildman–Crippen MR) is 218 cm³/mol. The van der Waals surface area contributed by atoms with E-state index >= 15 is 0 Å². The smallest absolute Gasteiger partial charge is 0.305 e. The highest BCUT2D eigenvalue weighted by Crippen LogP contribution is 2.26. The molecular weight excluding hydrogens is 796 g/mol. The number of esters is 1. The minimum Gasteiger partial charge on any atom is -0.466 e. The lowest BCUT2D eigenvalue weighted by Gasteiger charge is -2.44. The number of hydrogen-bond acceptors (Lipinski definition) is 13. The number of amides is 5. The van der Waals surface area contributed by atoms with Crippen molar-refractivity contribution < 1.29 is 57.9 Å². The Bertz CT molecular complexity index is 2250. The van der Waals surface area contributed by atoms with E-state index in [-0.39, 0.29) is 50.0 Å². The third kappa shape index (κ3) is 12.4. The van der Waals surface area contributed by atoms with Crippen molar-refractivity contribution in [3.05, 3.63) is 94.1 Å². The molecule has 61 heavy (non-hydrogen) atoms. The summed E-state index contributed by atoms with van der Waals surface area (Å²) in [6.07, 6.45) is -5.39. The molecule has 1 aliphatic heterocycles. The number of carbonyl (C=O) groups excluding carboxylic acids is 6. The Morgan fingerprint density at radius 1 is 0.934 bits per heavy atom. The Morgan fingerprint density at radius 3 is 2.38 bits per heavy atom. The van der Waals surface area contributed by atoms with E-state index in [2.05, 4.69) is 26.3 Å². The van der Waals surface area contributed by atoms with Gasteiger partial charge in [-0.15, -0.1) is 0 Å². The summed E-state index contributed by atoms with van der Waals surface area (Å²) >= 11 is 0. The van der Waals surface area contributed by atoms with Crippen LogP contribution in [0.2, 0.25) is 0 Å². The Hall–Kier alpha value is -6.25. The summed E-state index contributed by atoms with van der Waals surface area (Å²) in [6, 6.07) is 17.3. The largest absolute Gasteiger partial charge is 0.466 e. The summed E-state index contributed by atoms with van der Waals surface area (Å²) in [4.78, 5) is 91.7. The first-order chi connectivity index (χ1) is 29.3. The maximum atomic E-state index is 13.0. The summed E-state index contributed by atoms with van der Waals surface area (Å²) < 4.78 is 22.5. The number of hydrogen-bond donors (Lipinski definition) is 8. The zero-order valence-corrected chi connectivity index (χ0v) is 33.6. The maximum Gasteiger partial charge on any atom is 0.305 e. The Kier molecular flexibility index (Phi) is 16.4. The molecule has 4 aromatic rings. The van der Waals surface area contributed by atoms with Crippen LogP contribution in [0.15, 0.2) is 77.6 Å². The van der Waals surface area contributed by atoms with Crippen LogP contribution in [0.4, 0.5) is 0 Å². The van der Waals surface area contributed by atoms with Gasteiger partial charge in [-0.3, -0.25) is 33.6 Å². The molecule has 5 rings (SSSR count). The van der Waals surface area contributed by atoms with Crippen molar-refractivity contribution in [1.82, 2.24) is 26.3 Å². The fraction of sp³-hybridized carbons (Fsp3) is 0.405. The van der Waals surface area contributed by atoms with E-state index in [0.29, 0.717) is 21.8 Å². The molecule has 0 unspecified atom stereocenters. The van der Waals surface area contributed by atoms with Gasteiger partial charge < -0.3 is 61.1 Å². The number of nitrogens with two attached hydrogens (primary N) is 1. The zero-order valence-electron chi connectivity index (χ0n) is 33.6. The Labute approximate surface area is 349 Å². The fourth-order valence-electron chi connectivity index (χ4n) is 6.68. The van der Waals surface area contributed by atoms with Gasteiger partial charge in [-0.2, -0.15) is 0 Å². The number of primary amides is 1. The SMILES string of the molecule is CC(=O)N[C@H]1[C@@H](OCc2ccccc2)O[C@H](CO)[C@@H](O)[C@@H]1OCC(=O)N[C@@H](C)C(=O)N[C@H](CCC(=O)OCCCNC(=O)c1cccc2c(=O)c3ccccc3[nH]c12)C(N)=O. The summed E-state index contributed by atoms with van der Waals surface area (Å²) in [5.41, 5.74) is 7.34. The number of carbonyl (C=O) groups is 6. The van der Waals surface area contributed by atoms with Crippen LogP contribution < -0.4 is 32.4 Å². The predicted octanol–water partition coefficient (Wildman–Crippen LogP) is -0.216. The molecular formula is C42H50N6O13. The van der Waals surface area contributed by atoms with Crippen molar-refractivity contribution in [3.63, 3.8) is 0 Å². The highest BCUT2D eigenvalue weighted by Gasteiger charge is 2.47. The number of rotatable bonds is 20. The number of nitrogens with one attached hydrogen (secondary N) is 5. The van der Waals surface area contributed by atoms with E-state index in [0.717, 1.165) is 5.56 Å². The van der Waals surface area contributed by atoms with Crippen molar-refractivity contribution in [2.45, 2.75) is 82.4 Å². The van der Waals surface area contributed by atoms with Gasteiger partial charge in [0, 0.05) is 36.2 Å². The molecule has 9 N–H and O–H groups in total. The number of para-hydroxylation sites is 2. The normalized spacial score (nSPS) is 19.6.